The lowest BCUT2D eigenvalue weighted by molar-refractivity contribution is -0.116. The highest BCUT2D eigenvalue weighted by molar-refractivity contribution is 6.30. The first-order valence-corrected chi connectivity index (χ1v) is 13.0. The number of carbonyl (C=O) groups is 1. The SMILES string of the molecule is Cc1ccc(-c2ccc(Cl)cc2)cc1C1=C(O)CC(CC2OCC(CC3CCOCC3)O2)CC1=O. The first-order valence-electron chi connectivity index (χ1n) is 12.6. The number of rotatable bonds is 6. The third kappa shape index (κ3) is 5.80. The molecule has 186 valence electrons. The minimum atomic E-state index is -0.304. The molecule has 1 aliphatic carbocycles. The van der Waals surface area contributed by atoms with Crippen molar-refractivity contribution >= 4 is 23.0 Å². The lowest BCUT2D eigenvalue weighted by Gasteiger charge is -2.26. The van der Waals surface area contributed by atoms with Crippen LogP contribution in [0.25, 0.3) is 16.7 Å². The first-order chi connectivity index (χ1) is 17.0. The Hall–Kier alpha value is -2.18. The summed E-state index contributed by atoms with van der Waals surface area (Å²) in [7, 11) is 0. The predicted octanol–water partition coefficient (Wildman–Crippen LogP) is 6.51. The fourth-order valence-electron chi connectivity index (χ4n) is 5.54. The normalized spacial score (nSPS) is 25.9. The van der Waals surface area contributed by atoms with Gasteiger partial charge in [0.1, 0.15) is 5.76 Å². The number of aryl methyl sites for hydroxylation is 1. The van der Waals surface area contributed by atoms with E-state index in [1.165, 1.54) is 0 Å². The van der Waals surface area contributed by atoms with E-state index in [1.54, 1.807) is 0 Å². The molecule has 1 N–H and O–H groups in total. The molecule has 3 aliphatic rings. The summed E-state index contributed by atoms with van der Waals surface area (Å²) in [4.78, 5) is 13.2. The Balaban J connectivity index is 1.25. The van der Waals surface area contributed by atoms with Gasteiger partial charge in [-0.2, -0.15) is 0 Å². The smallest absolute Gasteiger partial charge is 0.167 e. The number of aliphatic hydroxyl groups excluding tert-OH is 1. The number of allylic oxidation sites excluding steroid dienone is 2. The minimum absolute atomic E-state index is 0.0119. The number of hydrogen-bond acceptors (Lipinski definition) is 5. The van der Waals surface area contributed by atoms with Crippen molar-refractivity contribution in [2.24, 2.45) is 11.8 Å². The molecule has 0 amide bonds. The van der Waals surface area contributed by atoms with Gasteiger partial charge < -0.3 is 19.3 Å². The second-order valence-corrected chi connectivity index (χ2v) is 10.5. The van der Waals surface area contributed by atoms with Crippen molar-refractivity contribution in [2.45, 2.75) is 57.8 Å². The maximum Gasteiger partial charge on any atom is 0.167 e. The molecule has 0 radical (unpaired) electrons. The molecule has 2 aromatic carbocycles. The second kappa shape index (κ2) is 10.8. The predicted molar refractivity (Wildman–Crippen MR) is 136 cm³/mol. The van der Waals surface area contributed by atoms with E-state index >= 15 is 0 Å². The Morgan fingerprint density at radius 3 is 2.46 bits per heavy atom. The summed E-state index contributed by atoms with van der Waals surface area (Å²) >= 11 is 6.03. The van der Waals surface area contributed by atoms with Crippen molar-refractivity contribution in [3.63, 3.8) is 0 Å². The van der Waals surface area contributed by atoms with Crippen LogP contribution in [0.2, 0.25) is 5.02 Å². The number of ether oxygens (including phenoxy) is 3. The molecule has 0 saturated carbocycles. The van der Waals surface area contributed by atoms with E-state index in [-0.39, 0.29) is 29.9 Å². The van der Waals surface area contributed by atoms with Crippen LogP contribution in [-0.4, -0.2) is 43.1 Å². The number of carbonyl (C=O) groups excluding carboxylic acids is 1. The van der Waals surface area contributed by atoms with E-state index in [4.69, 9.17) is 25.8 Å². The molecule has 35 heavy (non-hydrogen) atoms. The van der Waals surface area contributed by atoms with Gasteiger partial charge in [0.25, 0.3) is 0 Å². The van der Waals surface area contributed by atoms with E-state index in [2.05, 4.69) is 0 Å². The van der Waals surface area contributed by atoms with Crippen LogP contribution < -0.4 is 0 Å². The summed E-state index contributed by atoms with van der Waals surface area (Å²) in [5.74, 6) is 0.790. The first kappa shape index (κ1) is 24.5. The Morgan fingerprint density at radius 2 is 1.71 bits per heavy atom. The van der Waals surface area contributed by atoms with E-state index in [0.29, 0.717) is 42.4 Å². The maximum atomic E-state index is 13.2. The number of hydrogen-bond donors (Lipinski definition) is 1. The van der Waals surface area contributed by atoms with Gasteiger partial charge in [-0.3, -0.25) is 4.79 Å². The molecule has 0 aromatic heterocycles. The maximum absolute atomic E-state index is 13.2. The summed E-state index contributed by atoms with van der Waals surface area (Å²) in [6.07, 6.45) is 4.45. The van der Waals surface area contributed by atoms with E-state index in [0.717, 1.165) is 54.7 Å². The zero-order valence-electron chi connectivity index (χ0n) is 20.2. The zero-order chi connectivity index (χ0) is 24.4. The number of ketones is 1. The topological polar surface area (TPSA) is 65.0 Å². The van der Waals surface area contributed by atoms with Crippen LogP contribution in [0, 0.1) is 18.8 Å². The number of halogens is 1. The molecule has 3 unspecified atom stereocenters. The Bertz CT molecular complexity index is 1090. The molecule has 2 heterocycles. The fraction of sp³-hybridized carbons (Fsp3) is 0.483. The van der Waals surface area contributed by atoms with Crippen LogP contribution in [0.1, 0.15) is 49.7 Å². The average Bonchev–Trinajstić information content (AvgIpc) is 3.27. The molecule has 2 aliphatic heterocycles. The zero-order valence-corrected chi connectivity index (χ0v) is 20.9. The molecular formula is C29H33ClO5. The van der Waals surface area contributed by atoms with Crippen LogP contribution in [0.3, 0.4) is 0 Å². The van der Waals surface area contributed by atoms with Crippen molar-refractivity contribution in [3.05, 3.63) is 64.4 Å². The van der Waals surface area contributed by atoms with Crippen molar-refractivity contribution in [3.8, 4) is 11.1 Å². The van der Waals surface area contributed by atoms with E-state index < -0.39 is 0 Å². The summed E-state index contributed by atoms with van der Waals surface area (Å²) in [5, 5.41) is 11.7. The third-order valence-electron chi connectivity index (χ3n) is 7.48. The van der Waals surface area contributed by atoms with Crippen LogP contribution in [0.15, 0.2) is 48.2 Å². The van der Waals surface area contributed by atoms with Gasteiger partial charge in [0.2, 0.25) is 0 Å². The van der Waals surface area contributed by atoms with Gasteiger partial charge in [0.15, 0.2) is 12.1 Å². The van der Waals surface area contributed by atoms with Gasteiger partial charge in [-0.1, -0.05) is 35.9 Å². The summed E-state index contributed by atoms with van der Waals surface area (Å²) < 4.78 is 17.5. The van der Waals surface area contributed by atoms with E-state index in [9.17, 15) is 9.90 Å². The molecule has 6 heteroatoms. The van der Waals surface area contributed by atoms with Crippen LogP contribution in [0.4, 0.5) is 0 Å². The molecule has 2 aromatic rings. The quantitative estimate of drug-likeness (QED) is 0.493. The Kier molecular flexibility index (Phi) is 7.59. The van der Waals surface area contributed by atoms with Gasteiger partial charge in [-0.15, -0.1) is 0 Å². The van der Waals surface area contributed by atoms with Crippen LogP contribution in [0.5, 0.6) is 0 Å². The summed E-state index contributed by atoms with van der Waals surface area (Å²) in [6, 6.07) is 13.6. The summed E-state index contributed by atoms with van der Waals surface area (Å²) in [6.45, 7) is 4.25. The van der Waals surface area contributed by atoms with E-state index in [1.807, 2.05) is 49.4 Å². The van der Waals surface area contributed by atoms with Crippen molar-refractivity contribution in [1.82, 2.24) is 0 Å². The lowest BCUT2D eigenvalue weighted by Crippen LogP contribution is -2.25. The van der Waals surface area contributed by atoms with Gasteiger partial charge in [-0.25, -0.2) is 0 Å². The molecule has 0 bridgehead atoms. The molecule has 3 atom stereocenters. The molecule has 5 nitrogen and oxygen atoms in total. The molecule has 0 spiro atoms. The van der Waals surface area contributed by atoms with Gasteiger partial charge >= 0.3 is 0 Å². The monoisotopic (exact) mass is 496 g/mol. The standard InChI is InChI=1S/C29H33ClO5/c1-18-2-3-22(21-4-6-23(30)7-5-21)16-25(18)29-26(31)13-20(14-27(29)32)15-28-34-17-24(35-28)12-19-8-10-33-11-9-19/h2-7,16,19-20,24,28,31H,8-15,17H2,1H3. The van der Waals surface area contributed by atoms with Crippen LogP contribution >= 0.6 is 11.6 Å². The lowest BCUT2D eigenvalue weighted by atomic mass is 9.81. The number of benzene rings is 2. The average molecular weight is 497 g/mol. The third-order valence-corrected chi connectivity index (χ3v) is 7.74. The molecular weight excluding hydrogens is 464 g/mol. The Morgan fingerprint density at radius 1 is 0.971 bits per heavy atom. The minimum Gasteiger partial charge on any atom is -0.512 e. The molecule has 5 rings (SSSR count). The van der Waals surface area contributed by atoms with Crippen molar-refractivity contribution in [1.29, 1.82) is 0 Å². The van der Waals surface area contributed by atoms with Crippen LogP contribution in [-0.2, 0) is 19.0 Å². The van der Waals surface area contributed by atoms with Gasteiger partial charge in [0, 0.05) is 37.5 Å². The number of Topliss-reactive ketones (excluding diaryl/α,β-unsaturated/α-hetero) is 1. The number of aliphatic hydroxyl groups is 1. The largest absolute Gasteiger partial charge is 0.512 e. The van der Waals surface area contributed by atoms with Crippen molar-refractivity contribution in [2.75, 3.05) is 19.8 Å². The fourth-order valence-corrected chi connectivity index (χ4v) is 5.67. The molecule has 2 saturated heterocycles. The summed E-state index contributed by atoms with van der Waals surface area (Å²) in [5.41, 5.74) is 4.21. The molecule has 2 fully saturated rings. The van der Waals surface area contributed by atoms with Gasteiger partial charge in [-0.05, 0) is 78.5 Å². The second-order valence-electron chi connectivity index (χ2n) is 10.1. The highest BCUT2D eigenvalue weighted by Gasteiger charge is 2.35. The van der Waals surface area contributed by atoms with Crippen molar-refractivity contribution < 1.29 is 24.1 Å². The highest BCUT2D eigenvalue weighted by atomic mass is 35.5. The van der Waals surface area contributed by atoms with Gasteiger partial charge in [0.05, 0.1) is 18.3 Å². The highest BCUT2D eigenvalue weighted by Crippen LogP contribution is 2.38. The Labute approximate surface area is 212 Å².